The summed E-state index contributed by atoms with van der Waals surface area (Å²) in [7, 11) is 0. The van der Waals surface area contributed by atoms with Gasteiger partial charge in [0.15, 0.2) is 0 Å². The zero-order valence-electron chi connectivity index (χ0n) is 9.45. The van der Waals surface area contributed by atoms with E-state index in [9.17, 15) is 0 Å². The lowest BCUT2D eigenvalue weighted by molar-refractivity contribution is 0.950. The highest BCUT2D eigenvalue weighted by molar-refractivity contribution is 6.13. The normalized spacial score (nSPS) is 19.8. The molecule has 0 spiro atoms. The maximum atomic E-state index is 4.60. The molecular weight excluding hydrogens is 196 g/mol. The van der Waals surface area contributed by atoms with Crippen LogP contribution in [0.2, 0.25) is 0 Å². The van der Waals surface area contributed by atoms with Gasteiger partial charge in [-0.1, -0.05) is 24.3 Å². The van der Waals surface area contributed by atoms with Crippen LogP contribution < -0.4 is 0 Å². The molecule has 2 aliphatic rings. The van der Waals surface area contributed by atoms with Gasteiger partial charge in [0.05, 0.1) is 0 Å². The summed E-state index contributed by atoms with van der Waals surface area (Å²) >= 11 is 0. The summed E-state index contributed by atoms with van der Waals surface area (Å²) in [5.41, 5.74) is 5.21. The Labute approximate surface area is 96.1 Å². The van der Waals surface area contributed by atoms with E-state index < -0.39 is 0 Å². The number of nitrogens with zero attached hydrogens (tertiary/aromatic N) is 2. The van der Waals surface area contributed by atoms with Crippen molar-refractivity contribution in [1.82, 2.24) is 0 Å². The Morgan fingerprint density at radius 3 is 1.62 bits per heavy atom. The van der Waals surface area contributed by atoms with E-state index in [-0.39, 0.29) is 0 Å². The average Bonchev–Trinajstić information content (AvgIpc) is 3.03. The lowest BCUT2D eigenvalue weighted by atomic mass is 9.96. The smallest absolute Gasteiger partial charge is 0.0427 e. The van der Waals surface area contributed by atoms with Crippen molar-refractivity contribution in [2.45, 2.75) is 25.7 Å². The van der Waals surface area contributed by atoms with Crippen LogP contribution in [0.15, 0.2) is 34.3 Å². The lowest BCUT2D eigenvalue weighted by Gasteiger charge is -2.08. The highest BCUT2D eigenvalue weighted by atomic mass is 14.8. The minimum absolute atomic E-state index is 0.996. The molecule has 0 bridgehead atoms. The monoisotopic (exact) mass is 212 g/mol. The SMILES string of the molecule is c1ccc(C2=NCCC2)c(C2=NCCC2)c1. The van der Waals surface area contributed by atoms with Crippen LogP contribution in [0.3, 0.4) is 0 Å². The van der Waals surface area contributed by atoms with Crippen molar-refractivity contribution in [3.8, 4) is 0 Å². The van der Waals surface area contributed by atoms with E-state index in [1.807, 2.05) is 0 Å². The Bertz CT molecular complexity index is 415. The van der Waals surface area contributed by atoms with Crippen molar-refractivity contribution in [2.24, 2.45) is 9.98 Å². The van der Waals surface area contributed by atoms with Gasteiger partial charge in [-0.25, -0.2) is 0 Å². The topological polar surface area (TPSA) is 24.7 Å². The summed E-state index contributed by atoms with van der Waals surface area (Å²) < 4.78 is 0. The maximum absolute atomic E-state index is 4.60. The Morgan fingerprint density at radius 2 is 1.25 bits per heavy atom. The molecule has 0 saturated carbocycles. The van der Waals surface area contributed by atoms with Gasteiger partial charge in [0, 0.05) is 35.6 Å². The molecule has 2 heteroatoms. The van der Waals surface area contributed by atoms with E-state index in [1.54, 1.807) is 0 Å². The van der Waals surface area contributed by atoms with Crippen LogP contribution in [0, 0.1) is 0 Å². The van der Waals surface area contributed by atoms with Gasteiger partial charge >= 0.3 is 0 Å². The summed E-state index contributed by atoms with van der Waals surface area (Å²) in [6.45, 7) is 1.99. The largest absolute Gasteiger partial charge is 0.289 e. The number of rotatable bonds is 2. The van der Waals surface area contributed by atoms with Crippen LogP contribution in [-0.4, -0.2) is 24.5 Å². The first kappa shape index (κ1) is 9.76. The zero-order valence-corrected chi connectivity index (χ0v) is 9.45. The molecule has 0 amide bonds. The second-order valence-electron chi connectivity index (χ2n) is 4.41. The summed E-state index contributed by atoms with van der Waals surface area (Å²) in [5.74, 6) is 0. The zero-order chi connectivity index (χ0) is 10.8. The summed E-state index contributed by atoms with van der Waals surface area (Å²) in [5, 5.41) is 0. The fraction of sp³-hybridized carbons (Fsp3) is 0.429. The molecule has 0 aromatic heterocycles. The minimum atomic E-state index is 0.996. The van der Waals surface area contributed by atoms with E-state index in [2.05, 4.69) is 34.3 Å². The van der Waals surface area contributed by atoms with Gasteiger partial charge in [-0.05, 0) is 25.7 Å². The predicted octanol–water partition coefficient (Wildman–Crippen LogP) is 2.85. The summed E-state index contributed by atoms with van der Waals surface area (Å²) in [4.78, 5) is 9.20. The quantitative estimate of drug-likeness (QED) is 0.720. The highest BCUT2D eigenvalue weighted by Crippen LogP contribution is 2.21. The van der Waals surface area contributed by atoms with Gasteiger partial charge in [-0.2, -0.15) is 0 Å². The molecule has 0 unspecified atom stereocenters. The predicted molar refractivity (Wildman–Crippen MR) is 67.7 cm³/mol. The van der Waals surface area contributed by atoms with Gasteiger partial charge in [0.2, 0.25) is 0 Å². The van der Waals surface area contributed by atoms with Gasteiger partial charge < -0.3 is 0 Å². The number of hydrogen-bond acceptors (Lipinski definition) is 2. The third-order valence-electron chi connectivity index (χ3n) is 3.30. The molecule has 2 aliphatic heterocycles. The molecule has 3 rings (SSSR count). The fourth-order valence-electron chi connectivity index (χ4n) is 2.51. The van der Waals surface area contributed by atoms with Crippen molar-refractivity contribution in [2.75, 3.05) is 13.1 Å². The molecule has 0 aliphatic carbocycles. The average molecular weight is 212 g/mol. The maximum Gasteiger partial charge on any atom is 0.0427 e. The van der Waals surface area contributed by atoms with E-state index in [1.165, 1.54) is 35.4 Å². The van der Waals surface area contributed by atoms with Crippen molar-refractivity contribution in [3.05, 3.63) is 35.4 Å². The molecule has 1 aromatic carbocycles. The number of aliphatic imine (C=N–C) groups is 2. The number of hydrogen-bond donors (Lipinski definition) is 0. The third-order valence-corrected chi connectivity index (χ3v) is 3.30. The fourth-order valence-corrected chi connectivity index (χ4v) is 2.51. The van der Waals surface area contributed by atoms with Crippen LogP contribution in [0.1, 0.15) is 36.8 Å². The molecule has 0 radical (unpaired) electrons. The Kier molecular flexibility index (Phi) is 2.56. The standard InChI is InChI=1S/C14H16N2/c1-2-6-12(14-8-4-10-16-14)11(5-1)13-7-3-9-15-13/h1-2,5-6H,3-4,7-10H2. The first-order valence-electron chi connectivity index (χ1n) is 6.11. The van der Waals surface area contributed by atoms with E-state index in [0.29, 0.717) is 0 Å². The Hall–Kier alpha value is -1.44. The summed E-state index contributed by atoms with van der Waals surface area (Å²) in [6.07, 6.45) is 4.67. The third kappa shape index (κ3) is 1.69. The minimum Gasteiger partial charge on any atom is -0.289 e. The molecule has 0 atom stereocenters. The van der Waals surface area contributed by atoms with Crippen LogP contribution in [-0.2, 0) is 0 Å². The van der Waals surface area contributed by atoms with Crippen LogP contribution in [0.25, 0.3) is 0 Å². The molecule has 1 aromatic rings. The second kappa shape index (κ2) is 4.20. The molecule has 2 heterocycles. The van der Waals surface area contributed by atoms with Crippen molar-refractivity contribution < 1.29 is 0 Å². The molecule has 0 saturated heterocycles. The van der Waals surface area contributed by atoms with Crippen molar-refractivity contribution >= 4 is 11.4 Å². The highest BCUT2D eigenvalue weighted by Gasteiger charge is 2.17. The Morgan fingerprint density at radius 1 is 0.750 bits per heavy atom. The molecule has 82 valence electrons. The molecule has 0 N–H and O–H groups in total. The van der Waals surface area contributed by atoms with E-state index >= 15 is 0 Å². The molecule has 16 heavy (non-hydrogen) atoms. The van der Waals surface area contributed by atoms with Gasteiger partial charge in [0.1, 0.15) is 0 Å². The van der Waals surface area contributed by atoms with Crippen molar-refractivity contribution in [1.29, 1.82) is 0 Å². The van der Waals surface area contributed by atoms with Crippen LogP contribution in [0.5, 0.6) is 0 Å². The van der Waals surface area contributed by atoms with E-state index in [4.69, 9.17) is 0 Å². The van der Waals surface area contributed by atoms with Gasteiger partial charge in [0.25, 0.3) is 0 Å². The number of benzene rings is 1. The molecule has 2 nitrogen and oxygen atoms in total. The molecular formula is C14H16N2. The molecule has 0 fully saturated rings. The van der Waals surface area contributed by atoms with Gasteiger partial charge in [-0.3, -0.25) is 9.98 Å². The van der Waals surface area contributed by atoms with Gasteiger partial charge in [-0.15, -0.1) is 0 Å². The van der Waals surface area contributed by atoms with E-state index in [0.717, 1.165) is 25.9 Å². The first-order chi connectivity index (χ1) is 7.95. The second-order valence-corrected chi connectivity index (χ2v) is 4.41. The Balaban J connectivity index is 2.03. The first-order valence-corrected chi connectivity index (χ1v) is 6.11. The summed E-state index contributed by atoms with van der Waals surface area (Å²) in [6, 6.07) is 8.60. The van der Waals surface area contributed by atoms with Crippen LogP contribution >= 0.6 is 0 Å². The van der Waals surface area contributed by atoms with Crippen molar-refractivity contribution in [3.63, 3.8) is 0 Å². The lowest BCUT2D eigenvalue weighted by Crippen LogP contribution is -2.07. The van der Waals surface area contributed by atoms with Crippen LogP contribution in [0.4, 0.5) is 0 Å².